The zero-order chi connectivity index (χ0) is 31.4. The second-order valence-electron chi connectivity index (χ2n) is 10.8. The summed E-state index contributed by atoms with van der Waals surface area (Å²) in [7, 11) is 0. The maximum Gasteiger partial charge on any atom is 0.252 e. The molecule has 3 N–H and O–H groups in total. The van der Waals surface area contributed by atoms with Crippen molar-refractivity contribution in [1.29, 1.82) is 0 Å². The molecule has 1 atom stereocenters. The molecule has 0 aliphatic heterocycles. The minimum Gasteiger partial charge on any atom is -0.455 e. The summed E-state index contributed by atoms with van der Waals surface area (Å²) in [6.07, 6.45) is 0.332. The molecule has 224 valence electrons. The first-order valence-electron chi connectivity index (χ1n) is 15.0. The number of rotatable bonds is 11. The molecule has 0 aliphatic carbocycles. The number of furan rings is 1. The minimum absolute atomic E-state index is 0.00704. The van der Waals surface area contributed by atoms with Gasteiger partial charge in [0.05, 0.1) is 5.56 Å². The van der Waals surface area contributed by atoms with Crippen LogP contribution in [0.2, 0.25) is 0 Å². The molecule has 1 heterocycles. The van der Waals surface area contributed by atoms with Crippen LogP contribution in [0, 0.1) is 6.92 Å². The van der Waals surface area contributed by atoms with E-state index in [-0.39, 0.29) is 5.78 Å². The predicted molar refractivity (Wildman–Crippen MR) is 176 cm³/mol. The Balaban J connectivity index is 1.64. The van der Waals surface area contributed by atoms with Gasteiger partial charge in [0.1, 0.15) is 17.4 Å². The summed E-state index contributed by atoms with van der Waals surface area (Å²) in [5.74, 6) is -0.516. The number of carbonyl (C=O) groups is 3. The number of primary amides is 1. The lowest BCUT2D eigenvalue weighted by molar-refractivity contribution is -0.120. The Hall–Kier alpha value is -5.17. The number of benzene rings is 4. The molecule has 0 bridgehead atoms. The van der Waals surface area contributed by atoms with Crippen molar-refractivity contribution in [1.82, 2.24) is 5.32 Å². The fourth-order valence-electron chi connectivity index (χ4n) is 5.56. The molecule has 1 unspecified atom stereocenters. The molecular formula is C37H37N3O4. The lowest BCUT2D eigenvalue weighted by Gasteiger charge is -2.24. The van der Waals surface area contributed by atoms with Crippen molar-refractivity contribution in [3.63, 3.8) is 0 Å². The SMILES string of the molecule is CCC(=O)c1c(-c2ccc(C)cc2)oc2cc(N(CC)CC)c(-c3cccc(C(=O)NC(C(N)=O)c4ccccc4)c3)cc12. The van der Waals surface area contributed by atoms with E-state index in [1.54, 1.807) is 36.4 Å². The molecule has 0 aliphatic rings. The molecular weight excluding hydrogens is 550 g/mol. The highest BCUT2D eigenvalue weighted by Gasteiger charge is 2.25. The maximum absolute atomic E-state index is 13.4. The molecule has 0 spiro atoms. The summed E-state index contributed by atoms with van der Waals surface area (Å²) in [6.45, 7) is 9.54. The molecule has 7 nitrogen and oxygen atoms in total. The lowest BCUT2D eigenvalue weighted by atomic mass is 9.95. The van der Waals surface area contributed by atoms with Gasteiger partial charge in [0.25, 0.3) is 5.91 Å². The van der Waals surface area contributed by atoms with E-state index in [0.717, 1.165) is 46.4 Å². The van der Waals surface area contributed by atoms with Crippen molar-refractivity contribution in [2.75, 3.05) is 18.0 Å². The van der Waals surface area contributed by atoms with Crippen LogP contribution >= 0.6 is 0 Å². The van der Waals surface area contributed by atoms with Crippen LogP contribution in [0.25, 0.3) is 33.4 Å². The Morgan fingerprint density at radius 1 is 0.841 bits per heavy atom. The summed E-state index contributed by atoms with van der Waals surface area (Å²) in [5.41, 5.74) is 12.4. The number of hydrogen-bond acceptors (Lipinski definition) is 5. The topological polar surface area (TPSA) is 106 Å². The van der Waals surface area contributed by atoms with Gasteiger partial charge in [0.2, 0.25) is 5.91 Å². The monoisotopic (exact) mass is 587 g/mol. The number of ketones is 1. The van der Waals surface area contributed by atoms with Gasteiger partial charge in [-0.1, -0.05) is 79.2 Å². The van der Waals surface area contributed by atoms with Crippen LogP contribution in [-0.2, 0) is 4.79 Å². The number of nitrogens with zero attached hydrogens (tertiary/aromatic N) is 1. The molecule has 0 saturated heterocycles. The molecule has 44 heavy (non-hydrogen) atoms. The predicted octanol–water partition coefficient (Wildman–Crippen LogP) is 7.47. The van der Waals surface area contributed by atoms with Gasteiger partial charge < -0.3 is 20.4 Å². The smallest absolute Gasteiger partial charge is 0.252 e. The second-order valence-corrected chi connectivity index (χ2v) is 10.8. The number of nitrogens with one attached hydrogen (secondary N) is 1. The third-order valence-corrected chi connectivity index (χ3v) is 7.95. The average Bonchev–Trinajstić information content (AvgIpc) is 3.42. The Bertz CT molecular complexity index is 1820. The Kier molecular flexibility index (Phi) is 8.95. The van der Waals surface area contributed by atoms with Crippen molar-refractivity contribution >= 4 is 34.3 Å². The highest BCUT2D eigenvalue weighted by molar-refractivity contribution is 6.13. The number of anilines is 1. The highest BCUT2D eigenvalue weighted by Crippen LogP contribution is 2.41. The standard InChI is InChI=1S/C37H37N3O4/c1-5-31(41)33-29-21-28(30(40(6-2)7-3)22-32(29)44-35(33)25-18-16-23(4)17-19-25)26-14-11-15-27(20-26)37(43)39-34(36(38)42)24-12-9-8-10-13-24/h8-22,34H,5-7H2,1-4H3,(H2,38,42)(H,39,43). The van der Waals surface area contributed by atoms with Crippen LogP contribution in [0.15, 0.2) is 95.4 Å². The van der Waals surface area contributed by atoms with Crippen molar-refractivity contribution < 1.29 is 18.8 Å². The Morgan fingerprint density at radius 3 is 2.18 bits per heavy atom. The first-order chi connectivity index (χ1) is 21.2. The first kappa shape index (κ1) is 30.3. The summed E-state index contributed by atoms with van der Waals surface area (Å²) in [6, 6.07) is 27.2. The zero-order valence-corrected chi connectivity index (χ0v) is 25.5. The fourth-order valence-corrected chi connectivity index (χ4v) is 5.56. The van der Waals surface area contributed by atoms with Crippen LogP contribution in [0.4, 0.5) is 5.69 Å². The molecule has 7 heteroatoms. The third kappa shape index (κ3) is 5.99. The largest absolute Gasteiger partial charge is 0.455 e. The fraction of sp³-hybridized carbons (Fsp3) is 0.216. The number of Topliss-reactive ketones (excluding diaryl/α,β-unsaturated/α-hetero) is 1. The molecule has 0 saturated carbocycles. The first-order valence-corrected chi connectivity index (χ1v) is 15.0. The molecule has 5 aromatic rings. The van der Waals surface area contributed by atoms with Gasteiger partial charge in [-0.25, -0.2) is 0 Å². The van der Waals surface area contributed by atoms with Crippen LogP contribution in [0.3, 0.4) is 0 Å². The van der Waals surface area contributed by atoms with Crippen LogP contribution in [0.5, 0.6) is 0 Å². The normalized spacial score (nSPS) is 11.7. The van der Waals surface area contributed by atoms with Crippen molar-refractivity contribution in [3.05, 3.63) is 113 Å². The van der Waals surface area contributed by atoms with Gasteiger partial charge in [-0.2, -0.15) is 0 Å². The van der Waals surface area contributed by atoms with E-state index in [0.29, 0.717) is 34.5 Å². The maximum atomic E-state index is 13.4. The number of aryl methyl sites for hydroxylation is 1. The van der Waals surface area contributed by atoms with Crippen molar-refractivity contribution in [3.8, 4) is 22.5 Å². The Labute approximate surface area is 257 Å². The zero-order valence-electron chi connectivity index (χ0n) is 25.5. The van der Waals surface area contributed by atoms with Gasteiger partial charge in [0, 0.05) is 53.3 Å². The van der Waals surface area contributed by atoms with Crippen molar-refractivity contribution in [2.45, 2.75) is 40.2 Å². The second kappa shape index (κ2) is 13.0. The van der Waals surface area contributed by atoms with E-state index >= 15 is 0 Å². The summed E-state index contributed by atoms with van der Waals surface area (Å²) in [5, 5.41) is 3.52. The number of hydrogen-bond donors (Lipinski definition) is 2. The summed E-state index contributed by atoms with van der Waals surface area (Å²) < 4.78 is 6.43. The summed E-state index contributed by atoms with van der Waals surface area (Å²) >= 11 is 0. The van der Waals surface area contributed by atoms with E-state index in [9.17, 15) is 14.4 Å². The average molecular weight is 588 g/mol. The molecule has 1 aromatic heterocycles. The van der Waals surface area contributed by atoms with Gasteiger partial charge in [-0.15, -0.1) is 0 Å². The molecule has 0 radical (unpaired) electrons. The number of fused-ring (bicyclic) bond motifs is 1. The van der Waals surface area contributed by atoms with Crippen molar-refractivity contribution in [2.24, 2.45) is 5.73 Å². The highest BCUT2D eigenvalue weighted by atomic mass is 16.3. The molecule has 0 fully saturated rings. The van der Waals surface area contributed by atoms with Gasteiger partial charge in [-0.05, 0) is 50.1 Å². The van der Waals surface area contributed by atoms with Crippen LogP contribution < -0.4 is 16.0 Å². The molecule has 2 amide bonds. The van der Waals surface area contributed by atoms with Gasteiger partial charge >= 0.3 is 0 Å². The molecule has 4 aromatic carbocycles. The number of carbonyl (C=O) groups excluding carboxylic acids is 3. The number of amides is 2. The van der Waals surface area contributed by atoms with Gasteiger partial charge in [0.15, 0.2) is 5.78 Å². The lowest BCUT2D eigenvalue weighted by Crippen LogP contribution is -2.37. The van der Waals surface area contributed by atoms with Crippen LogP contribution in [0.1, 0.15) is 65.1 Å². The van der Waals surface area contributed by atoms with E-state index in [1.165, 1.54) is 0 Å². The van der Waals surface area contributed by atoms with E-state index in [2.05, 4.69) is 24.1 Å². The summed E-state index contributed by atoms with van der Waals surface area (Å²) in [4.78, 5) is 41.3. The van der Waals surface area contributed by atoms with E-state index in [1.807, 2.05) is 68.4 Å². The third-order valence-electron chi connectivity index (χ3n) is 7.95. The minimum atomic E-state index is -0.969. The van der Waals surface area contributed by atoms with E-state index < -0.39 is 17.9 Å². The Morgan fingerprint density at radius 2 is 1.55 bits per heavy atom. The van der Waals surface area contributed by atoms with Gasteiger partial charge in [-0.3, -0.25) is 14.4 Å². The van der Waals surface area contributed by atoms with E-state index in [4.69, 9.17) is 10.2 Å². The number of nitrogens with two attached hydrogens (primary N) is 1. The van der Waals surface area contributed by atoms with Crippen LogP contribution in [-0.4, -0.2) is 30.7 Å². The quantitative estimate of drug-likeness (QED) is 0.156. The molecule has 5 rings (SSSR count).